The van der Waals surface area contributed by atoms with E-state index in [9.17, 15) is 4.79 Å². The molecule has 0 saturated carbocycles. The van der Waals surface area contributed by atoms with Crippen molar-refractivity contribution >= 4 is 5.97 Å². The first kappa shape index (κ1) is 18.7. The van der Waals surface area contributed by atoms with Gasteiger partial charge in [-0.25, -0.2) is 4.79 Å². The Hall–Kier alpha value is -3.07. The van der Waals surface area contributed by atoms with Crippen molar-refractivity contribution < 1.29 is 14.3 Å². The second kappa shape index (κ2) is 8.09. The molecule has 0 saturated heterocycles. The molecule has 3 aromatic rings. The highest BCUT2D eigenvalue weighted by atomic mass is 16.6. The number of hydrogen-bond donors (Lipinski definition) is 0. The lowest BCUT2D eigenvalue weighted by Gasteiger charge is -2.19. The molecule has 0 heterocycles. The lowest BCUT2D eigenvalue weighted by molar-refractivity contribution is -0.136. The maximum atomic E-state index is 12.0. The quantitative estimate of drug-likeness (QED) is 0.436. The van der Waals surface area contributed by atoms with Crippen molar-refractivity contribution in [2.24, 2.45) is 0 Å². The number of benzene rings is 3. The van der Waals surface area contributed by atoms with Crippen LogP contribution in [-0.4, -0.2) is 12.6 Å². The molecule has 0 amide bonds. The summed E-state index contributed by atoms with van der Waals surface area (Å²) in [5, 5.41) is 0. The largest absolute Gasteiger partial charge is 0.482 e. The number of carbonyl (C=O) groups excluding carboxylic acids is 1. The van der Waals surface area contributed by atoms with Gasteiger partial charge in [-0.2, -0.15) is 0 Å². The van der Waals surface area contributed by atoms with Gasteiger partial charge in [-0.1, -0.05) is 75.4 Å². The van der Waals surface area contributed by atoms with E-state index in [1.54, 1.807) is 12.1 Å². The summed E-state index contributed by atoms with van der Waals surface area (Å²) in [6.07, 6.45) is 0. The van der Waals surface area contributed by atoms with Gasteiger partial charge in [0, 0.05) is 0 Å². The Morgan fingerprint density at radius 2 is 1.30 bits per heavy atom. The van der Waals surface area contributed by atoms with Gasteiger partial charge < -0.3 is 9.47 Å². The predicted molar refractivity (Wildman–Crippen MR) is 108 cm³/mol. The fourth-order valence-corrected chi connectivity index (χ4v) is 2.70. The molecule has 0 aliphatic rings. The van der Waals surface area contributed by atoms with Gasteiger partial charge in [0.25, 0.3) is 0 Å². The molecule has 3 rings (SSSR count). The average molecular weight is 360 g/mol. The van der Waals surface area contributed by atoms with E-state index in [1.165, 1.54) is 5.56 Å². The van der Waals surface area contributed by atoms with Crippen LogP contribution in [0.5, 0.6) is 11.5 Å². The summed E-state index contributed by atoms with van der Waals surface area (Å²) in [4.78, 5) is 12.0. The molecular weight excluding hydrogens is 336 g/mol. The molecule has 0 radical (unpaired) electrons. The van der Waals surface area contributed by atoms with Gasteiger partial charge in [-0.05, 0) is 46.4 Å². The summed E-state index contributed by atoms with van der Waals surface area (Å²) < 4.78 is 10.9. The fourth-order valence-electron chi connectivity index (χ4n) is 2.70. The van der Waals surface area contributed by atoms with Crippen LogP contribution >= 0.6 is 0 Å². The van der Waals surface area contributed by atoms with E-state index in [-0.39, 0.29) is 12.0 Å². The summed E-state index contributed by atoms with van der Waals surface area (Å²) in [5.41, 5.74) is 3.50. The number of rotatable bonds is 5. The van der Waals surface area contributed by atoms with Gasteiger partial charge >= 0.3 is 5.97 Å². The third-order valence-electron chi connectivity index (χ3n) is 4.27. The molecular formula is C24H24O3. The second-order valence-corrected chi connectivity index (χ2v) is 7.43. The van der Waals surface area contributed by atoms with Gasteiger partial charge in [0.15, 0.2) is 6.61 Å². The van der Waals surface area contributed by atoms with Crippen LogP contribution in [0, 0.1) is 0 Å². The Kier molecular flexibility index (Phi) is 5.60. The summed E-state index contributed by atoms with van der Waals surface area (Å²) >= 11 is 0. The standard InChI is InChI=1S/C24H24O3/c1-24(2,3)20-11-15-21(16-12-20)26-17-23(25)27-22-13-9-19(10-14-22)18-7-5-4-6-8-18/h4-16H,17H2,1-3H3. The fraction of sp³-hybridized carbons (Fsp3) is 0.208. The first-order chi connectivity index (χ1) is 12.9. The lowest BCUT2D eigenvalue weighted by Crippen LogP contribution is -2.17. The van der Waals surface area contributed by atoms with Crippen molar-refractivity contribution in [3.05, 3.63) is 84.4 Å². The van der Waals surface area contributed by atoms with E-state index in [0.29, 0.717) is 11.5 Å². The van der Waals surface area contributed by atoms with Gasteiger partial charge in [-0.15, -0.1) is 0 Å². The molecule has 3 heteroatoms. The van der Waals surface area contributed by atoms with Gasteiger partial charge in [0.05, 0.1) is 0 Å². The Labute approximate surface area is 160 Å². The van der Waals surface area contributed by atoms with Crippen molar-refractivity contribution in [3.8, 4) is 22.6 Å². The minimum atomic E-state index is -0.428. The van der Waals surface area contributed by atoms with Crippen LogP contribution in [0.1, 0.15) is 26.3 Å². The number of ether oxygens (including phenoxy) is 2. The number of carbonyl (C=O) groups is 1. The maximum absolute atomic E-state index is 12.0. The van der Waals surface area contributed by atoms with Gasteiger partial charge in [0.2, 0.25) is 0 Å². The number of esters is 1. The highest BCUT2D eigenvalue weighted by Crippen LogP contribution is 2.24. The van der Waals surface area contributed by atoms with Crippen molar-refractivity contribution in [1.29, 1.82) is 0 Å². The Morgan fingerprint density at radius 3 is 1.89 bits per heavy atom. The second-order valence-electron chi connectivity index (χ2n) is 7.43. The van der Waals surface area contributed by atoms with Crippen LogP contribution in [0.25, 0.3) is 11.1 Å². The van der Waals surface area contributed by atoms with Crippen LogP contribution in [0.4, 0.5) is 0 Å². The predicted octanol–water partition coefficient (Wildman–Crippen LogP) is 5.64. The highest BCUT2D eigenvalue weighted by molar-refractivity contribution is 5.74. The van der Waals surface area contributed by atoms with Crippen LogP contribution in [0.15, 0.2) is 78.9 Å². The molecule has 138 valence electrons. The molecule has 0 aliphatic heterocycles. The minimum Gasteiger partial charge on any atom is -0.482 e. The van der Waals surface area contributed by atoms with E-state index >= 15 is 0 Å². The van der Waals surface area contributed by atoms with Gasteiger partial charge in [0.1, 0.15) is 11.5 Å². The Balaban J connectivity index is 1.53. The zero-order valence-electron chi connectivity index (χ0n) is 15.9. The third-order valence-corrected chi connectivity index (χ3v) is 4.27. The molecule has 0 unspecified atom stereocenters. The van der Waals surface area contributed by atoms with E-state index in [1.807, 2.05) is 66.7 Å². The monoisotopic (exact) mass is 360 g/mol. The molecule has 0 atom stereocenters. The zero-order valence-corrected chi connectivity index (χ0v) is 15.9. The van der Waals surface area contributed by atoms with Crippen molar-refractivity contribution in [2.45, 2.75) is 26.2 Å². The normalized spacial score (nSPS) is 11.1. The molecule has 0 fully saturated rings. The van der Waals surface area contributed by atoms with E-state index in [2.05, 4.69) is 20.8 Å². The lowest BCUT2D eigenvalue weighted by atomic mass is 9.87. The first-order valence-corrected chi connectivity index (χ1v) is 9.01. The van der Waals surface area contributed by atoms with Crippen molar-refractivity contribution in [3.63, 3.8) is 0 Å². The highest BCUT2D eigenvalue weighted by Gasteiger charge is 2.13. The van der Waals surface area contributed by atoms with Gasteiger partial charge in [-0.3, -0.25) is 0 Å². The molecule has 0 N–H and O–H groups in total. The SMILES string of the molecule is CC(C)(C)c1ccc(OCC(=O)Oc2ccc(-c3ccccc3)cc2)cc1. The smallest absolute Gasteiger partial charge is 0.349 e. The van der Waals surface area contributed by atoms with Crippen LogP contribution in [0.2, 0.25) is 0 Å². The molecule has 27 heavy (non-hydrogen) atoms. The maximum Gasteiger partial charge on any atom is 0.349 e. The average Bonchev–Trinajstić information content (AvgIpc) is 2.67. The Bertz CT molecular complexity index is 874. The zero-order chi connectivity index (χ0) is 19.3. The number of hydrogen-bond acceptors (Lipinski definition) is 3. The van der Waals surface area contributed by atoms with E-state index < -0.39 is 5.97 Å². The summed E-state index contributed by atoms with van der Waals surface area (Å²) in [5.74, 6) is 0.730. The van der Waals surface area contributed by atoms with E-state index in [4.69, 9.17) is 9.47 Å². The Morgan fingerprint density at radius 1 is 0.741 bits per heavy atom. The minimum absolute atomic E-state index is 0.0867. The topological polar surface area (TPSA) is 35.5 Å². The molecule has 0 bridgehead atoms. The molecule has 3 nitrogen and oxygen atoms in total. The van der Waals surface area contributed by atoms with Crippen molar-refractivity contribution in [2.75, 3.05) is 6.61 Å². The van der Waals surface area contributed by atoms with E-state index in [0.717, 1.165) is 11.1 Å². The summed E-state index contributed by atoms with van der Waals surface area (Å²) in [7, 11) is 0. The third kappa shape index (κ3) is 5.20. The molecule has 0 aromatic heterocycles. The first-order valence-electron chi connectivity index (χ1n) is 9.01. The van der Waals surface area contributed by atoms with Crippen molar-refractivity contribution in [1.82, 2.24) is 0 Å². The molecule has 0 spiro atoms. The van der Waals surface area contributed by atoms with Crippen LogP contribution < -0.4 is 9.47 Å². The summed E-state index contributed by atoms with van der Waals surface area (Å²) in [6.45, 7) is 6.34. The molecule has 3 aromatic carbocycles. The van der Waals surface area contributed by atoms with Crippen LogP contribution in [-0.2, 0) is 10.2 Å². The molecule has 0 aliphatic carbocycles. The summed E-state index contributed by atoms with van der Waals surface area (Å²) in [6, 6.07) is 25.3. The van der Waals surface area contributed by atoms with Crippen LogP contribution in [0.3, 0.4) is 0 Å².